The molecule has 7 nitrogen and oxygen atoms in total. The minimum atomic E-state index is -0.457. The Balaban J connectivity index is 1.79. The summed E-state index contributed by atoms with van der Waals surface area (Å²) in [6.45, 7) is 6.08. The van der Waals surface area contributed by atoms with E-state index in [0.717, 1.165) is 40.5 Å². The molecule has 0 unspecified atom stereocenters. The lowest BCUT2D eigenvalue weighted by atomic mass is 9.96. The predicted octanol–water partition coefficient (Wildman–Crippen LogP) is 7.15. The Morgan fingerprint density at radius 2 is 1.67 bits per heavy atom. The number of primary amides is 1. The van der Waals surface area contributed by atoms with Crippen LogP contribution in [0, 0.1) is 5.92 Å². The number of fused-ring (bicyclic) bond motifs is 3. The first kappa shape index (κ1) is 28.8. The van der Waals surface area contributed by atoms with Gasteiger partial charge in [0.25, 0.3) is 0 Å². The van der Waals surface area contributed by atoms with Gasteiger partial charge in [-0.15, -0.1) is 0 Å². The molecule has 2 aromatic carbocycles. The first-order chi connectivity index (χ1) is 19.0. The molecule has 0 atom stereocenters. The summed E-state index contributed by atoms with van der Waals surface area (Å²) in [4.78, 5) is 24.4. The first-order valence-corrected chi connectivity index (χ1v) is 14.8. The van der Waals surface area contributed by atoms with E-state index in [1.807, 2.05) is 12.1 Å². The van der Waals surface area contributed by atoms with E-state index in [-0.39, 0.29) is 5.97 Å². The second-order valence-corrected chi connectivity index (χ2v) is 10.7. The molecule has 1 heterocycles. The zero-order valence-electron chi connectivity index (χ0n) is 23.6. The number of ether oxygens (including phenoxy) is 3. The van der Waals surface area contributed by atoms with Crippen molar-refractivity contribution in [2.45, 2.75) is 91.0 Å². The molecule has 0 radical (unpaired) electrons. The van der Waals surface area contributed by atoms with Gasteiger partial charge in [-0.1, -0.05) is 51.5 Å². The van der Waals surface area contributed by atoms with Gasteiger partial charge in [0.1, 0.15) is 11.5 Å². The topological polar surface area (TPSA) is 92.8 Å². The van der Waals surface area contributed by atoms with Gasteiger partial charge in [0.05, 0.1) is 36.2 Å². The molecule has 1 aliphatic carbocycles. The molecule has 2 N–H and O–H groups in total. The van der Waals surface area contributed by atoms with Gasteiger partial charge in [-0.3, -0.25) is 9.59 Å². The third-order valence-electron chi connectivity index (χ3n) is 7.67. The molecule has 1 fully saturated rings. The summed E-state index contributed by atoms with van der Waals surface area (Å²) < 4.78 is 19.8. The zero-order chi connectivity index (χ0) is 27.6. The number of nitrogens with two attached hydrogens (primary N) is 1. The molecular formula is C32H44N2O5. The number of carbonyl (C=O) groups excluding carboxylic acids is 2. The normalized spacial score (nSPS) is 15.0. The fourth-order valence-electron chi connectivity index (χ4n) is 5.81. The second kappa shape index (κ2) is 14.2. The number of esters is 1. The van der Waals surface area contributed by atoms with Crippen LogP contribution in [0.25, 0.3) is 21.8 Å². The van der Waals surface area contributed by atoms with Crippen molar-refractivity contribution in [2.75, 3.05) is 19.8 Å². The molecular weight excluding hydrogens is 492 g/mol. The highest BCUT2D eigenvalue weighted by Crippen LogP contribution is 2.41. The largest absolute Gasteiger partial charge is 0.493 e. The van der Waals surface area contributed by atoms with E-state index >= 15 is 0 Å². The predicted molar refractivity (Wildman–Crippen MR) is 156 cm³/mol. The maximum atomic E-state index is 12.6. The van der Waals surface area contributed by atoms with Crippen LogP contribution in [0.2, 0.25) is 0 Å². The van der Waals surface area contributed by atoms with Crippen molar-refractivity contribution in [1.82, 2.24) is 4.57 Å². The number of benzene rings is 2. The van der Waals surface area contributed by atoms with Gasteiger partial charge in [-0.05, 0) is 50.7 Å². The van der Waals surface area contributed by atoms with Crippen molar-refractivity contribution >= 4 is 33.7 Å². The number of hydrogen-bond donors (Lipinski definition) is 1. The number of hydrogen-bond acceptors (Lipinski definition) is 5. The Hall–Kier alpha value is -3.22. The lowest BCUT2D eigenvalue weighted by Gasteiger charge is -2.19. The quantitative estimate of drug-likeness (QED) is 0.196. The molecule has 1 aliphatic rings. The molecule has 39 heavy (non-hydrogen) atoms. The standard InChI is InChI=1S/C32H44N2O5/c1-3-18-38-24-20-27-31(28(21-24)39-19-12-17-29(35)37-4-2)30-25(32(33)36)15-11-16-26(30)34(27)22-23-13-9-7-5-6-8-10-14-23/h11,15-16,20-21,23H,3-10,12-14,17-19,22H2,1-2H3,(H2,33,36). The molecule has 1 saturated carbocycles. The van der Waals surface area contributed by atoms with Crippen molar-refractivity contribution in [3.05, 3.63) is 35.9 Å². The highest BCUT2D eigenvalue weighted by atomic mass is 16.5. The molecule has 4 rings (SSSR count). The van der Waals surface area contributed by atoms with Gasteiger partial charge >= 0.3 is 5.97 Å². The van der Waals surface area contributed by atoms with Crippen LogP contribution >= 0.6 is 0 Å². The molecule has 212 valence electrons. The maximum absolute atomic E-state index is 12.6. The van der Waals surface area contributed by atoms with Gasteiger partial charge in [-0.25, -0.2) is 0 Å². The molecule has 0 bridgehead atoms. The summed E-state index contributed by atoms with van der Waals surface area (Å²) in [7, 11) is 0. The third kappa shape index (κ3) is 7.25. The molecule has 1 amide bonds. The van der Waals surface area contributed by atoms with Crippen molar-refractivity contribution in [3.8, 4) is 11.5 Å². The maximum Gasteiger partial charge on any atom is 0.305 e. The monoisotopic (exact) mass is 536 g/mol. The Bertz CT molecular complexity index is 1250. The molecule has 1 aromatic heterocycles. The second-order valence-electron chi connectivity index (χ2n) is 10.7. The van der Waals surface area contributed by atoms with Gasteiger partial charge in [0.2, 0.25) is 5.91 Å². The Morgan fingerprint density at radius 1 is 0.923 bits per heavy atom. The van der Waals surface area contributed by atoms with Gasteiger partial charge < -0.3 is 24.5 Å². The Labute approximate surface area is 232 Å². The summed E-state index contributed by atoms with van der Waals surface area (Å²) in [5, 5.41) is 1.70. The number of carbonyl (C=O) groups is 2. The molecule has 0 spiro atoms. The van der Waals surface area contributed by atoms with Crippen molar-refractivity contribution in [3.63, 3.8) is 0 Å². The first-order valence-electron chi connectivity index (χ1n) is 14.8. The fourth-order valence-corrected chi connectivity index (χ4v) is 5.81. The summed E-state index contributed by atoms with van der Waals surface area (Å²) >= 11 is 0. The molecule has 3 aromatic rings. The SMILES string of the molecule is CCCOc1cc(OCCCC(=O)OCC)c2c3c(C(N)=O)cccc3n(CC3CCCCCCCC3)c2c1. The van der Waals surface area contributed by atoms with E-state index < -0.39 is 5.91 Å². The summed E-state index contributed by atoms with van der Waals surface area (Å²) in [6.07, 6.45) is 11.9. The average molecular weight is 537 g/mol. The van der Waals surface area contributed by atoms with Gasteiger partial charge in [0, 0.05) is 36.0 Å². The Kier molecular flexibility index (Phi) is 10.5. The van der Waals surface area contributed by atoms with Crippen LogP contribution in [0.3, 0.4) is 0 Å². The number of amides is 1. The van der Waals surface area contributed by atoms with Gasteiger partial charge in [0.15, 0.2) is 0 Å². The van der Waals surface area contributed by atoms with Crippen LogP contribution in [0.4, 0.5) is 0 Å². The lowest BCUT2D eigenvalue weighted by Crippen LogP contribution is -2.12. The minimum Gasteiger partial charge on any atom is -0.493 e. The van der Waals surface area contributed by atoms with E-state index in [1.54, 1.807) is 13.0 Å². The van der Waals surface area contributed by atoms with Crippen LogP contribution in [0.15, 0.2) is 30.3 Å². The highest BCUT2D eigenvalue weighted by molar-refractivity contribution is 6.20. The minimum absolute atomic E-state index is 0.228. The van der Waals surface area contributed by atoms with E-state index in [9.17, 15) is 9.59 Å². The van der Waals surface area contributed by atoms with Crippen LogP contribution < -0.4 is 15.2 Å². The van der Waals surface area contributed by atoms with Crippen LogP contribution in [-0.2, 0) is 16.1 Å². The zero-order valence-corrected chi connectivity index (χ0v) is 23.6. The van der Waals surface area contributed by atoms with E-state index in [1.165, 1.54) is 51.4 Å². The van der Waals surface area contributed by atoms with E-state index in [4.69, 9.17) is 19.9 Å². The van der Waals surface area contributed by atoms with Crippen LogP contribution in [0.5, 0.6) is 11.5 Å². The summed E-state index contributed by atoms with van der Waals surface area (Å²) in [6, 6.07) is 9.77. The molecule has 7 heteroatoms. The van der Waals surface area contributed by atoms with Crippen LogP contribution in [0.1, 0.15) is 94.8 Å². The van der Waals surface area contributed by atoms with Crippen LogP contribution in [-0.4, -0.2) is 36.3 Å². The molecule has 0 aliphatic heterocycles. The Morgan fingerprint density at radius 3 is 2.36 bits per heavy atom. The van der Waals surface area contributed by atoms with Crippen molar-refractivity contribution in [2.24, 2.45) is 11.7 Å². The summed E-state index contributed by atoms with van der Waals surface area (Å²) in [5.41, 5.74) is 8.36. The number of nitrogens with zero attached hydrogens (tertiary/aromatic N) is 1. The number of rotatable bonds is 12. The third-order valence-corrected chi connectivity index (χ3v) is 7.67. The van der Waals surface area contributed by atoms with E-state index in [2.05, 4.69) is 23.6 Å². The number of aromatic nitrogens is 1. The van der Waals surface area contributed by atoms with Gasteiger partial charge in [-0.2, -0.15) is 0 Å². The van der Waals surface area contributed by atoms with Crippen molar-refractivity contribution < 1.29 is 23.8 Å². The fraction of sp³-hybridized carbons (Fsp3) is 0.562. The highest BCUT2D eigenvalue weighted by Gasteiger charge is 2.23. The average Bonchev–Trinajstić information content (AvgIpc) is 3.30. The lowest BCUT2D eigenvalue weighted by molar-refractivity contribution is -0.143. The van der Waals surface area contributed by atoms with Crippen molar-refractivity contribution in [1.29, 1.82) is 0 Å². The van der Waals surface area contributed by atoms with E-state index in [0.29, 0.717) is 49.9 Å². The molecule has 0 saturated heterocycles. The summed E-state index contributed by atoms with van der Waals surface area (Å²) in [5.74, 6) is 1.27. The smallest absolute Gasteiger partial charge is 0.305 e.